The normalized spacial score (nSPS) is 10.9. The molecule has 2 radical (unpaired) electrons. The van der Waals surface area contributed by atoms with Gasteiger partial charge in [-0.05, 0) is 0 Å². The van der Waals surface area contributed by atoms with Crippen LogP contribution in [0.25, 0.3) is 9.40 Å². The molecule has 0 atom stereocenters. The Balaban J connectivity index is 2.67. The van der Waals surface area contributed by atoms with Gasteiger partial charge in [-0.1, -0.05) is 0 Å². The third-order valence-electron chi connectivity index (χ3n) is 1.39. The number of fused-ring (bicyclic) bond motifs is 1. The molecule has 0 spiro atoms. The molecule has 0 saturated carbocycles. The van der Waals surface area contributed by atoms with E-state index in [2.05, 4.69) is 22.5 Å². The van der Waals surface area contributed by atoms with Gasteiger partial charge in [0.25, 0.3) is 0 Å². The fourth-order valence-electron chi connectivity index (χ4n) is 0.889. The van der Waals surface area contributed by atoms with E-state index in [1.807, 2.05) is 22.7 Å². The second kappa shape index (κ2) is 2.83. The second-order valence-corrected chi connectivity index (χ2v) is 8.04. The summed E-state index contributed by atoms with van der Waals surface area (Å²) in [5.41, 5.74) is 0. The summed E-state index contributed by atoms with van der Waals surface area (Å²) in [6.45, 7) is 0. The van der Waals surface area contributed by atoms with Crippen molar-refractivity contribution in [2.45, 2.75) is 4.94 Å². The van der Waals surface area contributed by atoms with Crippen molar-refractivity contribution in [1.82, 2.24) is 0 Å². The molecule has 0 N–H and O–H groups in total. The zero-order chi connectivity index (χ0) is 6.97. The predicted molar refractivity (Wildman–Crippen MR) is 51.0 cm³/mol. The van der Waals surface area contributed by atoms with Gasteiger partial charge in [-0.15, -0.1) is 0 Å². The molecule has 0 aliphatic rings. The Morgan fingerprint density at radius 1 is 1.40 bits per heavy atom. The van der Waals surface area contributed by atoms with Gasteiger partial charge in [0.05, 0.1) is 0 Å². The summed E-state index contributed by atoms with van der Waals surface area (Å²) in [4.78, 5) is 2.37. The molecule has 0 saturated heterocycles. The molecule has 0 nitrogen and oxygen atoms in total. The van der Waals surface area contributed by atoms with E-state index in [1.54, 1.807) is 2.89 Å². The molecule has 2 aromatic heterocycles. The Bertz CT molecular complexity index is 305. The summed E-state index contributed by atoms with van der Waals surface area (Å²) in [6.07, 6.45) is 0. The number of hydrogen-bond donors (Lipinski definition) is 0. The third-order valence-corrected chi connectivity index (χ3v) is 7.35. The van der Waals surface area contributed by atoms with E-state index in [0.717, 1.165) is 0 Å². The van der Waals surface area contributed by atoms with Crippen LogP contribution in [0.3, 0.4) is 0 Å². The van der Waals surface area contributed by atoms with Gasteiger partial charge >= 0.3 is 78.6 Å². The Hall–Kier alpha value is 0.459. The number of rotatable bonds is 1. The van der Waals surface area contributed by atoms with Gasteiger partial charge in [0, 0.05) is 0 Å². The van der Waals surface area contributed by atoms with Crippen LogP contribution >= 0.6 is 22.7 Å². The van der Waals surface area contributed by atoms with Crippen LogP contribution in [0.4, 0.5) is 0 Å². The summed E-state index contributed by atoms with van der Waals surface area (Å²) in [5.74, 6) is 0. The number of hydrogen-bond acceptors (Lipinski definition) is 2. The minimum absolute atomic E-state index is 0.157. The van der Waals surface area contributed by atoms with Crippen molar-refractivity contribution in [1.29, 1.82) is 0 Å². The van der Waals surface area contributed by atoms with Crippen molar-refractivity contribution in [2.75, 3.05) is 0 Å². The summed E-state index contributed by atoms with van der Waals surface area (Å²) in [5, 5.41) is 2.17. The van der Waals surface area contributed by atoms with Gasteiger partial charge in [-0.25, -0.2) is 0 Å². The molecule has 2 aromatic rings. The fraction of sp³-hybridized carbons (Fsp3) is 0.143. The summed E-state index contributed by atoms with van der Waals surface area (Å²) >= 11 is 3.69. The molecule has 0 unspecified atom stereocenters. The molecule has 0 amide bonds. The average Bonchev–Trinajstić information content (AvgIpc) is 2.42. The molecule has 0 fully saturated rings. The van der Waals surface area contributed by atoms with Crippen LogP contribution in [0.5, 0.6) is 0 Å². The molecular weight excluding hydrogens is 267 g/mol. The van der Waals surface area contributed by atoms with Gasteiger partial charge in [-0.3, -0.25) is 0 Å². The Labute approximate surface area is 78.1 Å². The van der Waals surface area contributed by atoms with Gasteiger partial charge in [0.15, 0.2) is 0 Å². The Kier molecular flexibility index (Phi) is 2.02. The Morgan fingerprint density at radius 2 is 2.30 bits per heavy atom. The van der Waals surface area contributed by atoms with E-state index in [1.165, 1.54) is 9.40 Å². The standard InChI is InChI=1S/C6H3S2.CH3.Sn/c1-3-7-6-2-4-8-5(1)6;;/h1-3H;1H3;. The van der Waals surface area contributed by atoms with E-state index in [-0.39, 0.29) is 21.1 Å². The van der Waals surface area contributed by atoms with Crippen molar-refractivity contribution in [3.05, 3.63) is 17.5 Å². The molecule has 3 heteroatoms. The first-order chi connectivity index (χ1) is 4.90. The van der Waals surface area contributed by atoms with Crippen molar-refractivity contribution in [3.63, 3.8) is 0 Å². The molecule has 0 aliphatic heterocycles. The van der Waals surface area contributed by atoms with Crippen LogP contribution in [0, 0.1) is 0 Å². The zero-order valence-corrected chi connectivity index (χ0v) is 10.0. The quantitative estimate of drug-likeness (QED) is 0.699. The van der Waals surface area contributed by atoms with Crippen LogP contribution in [0.2, 0.25) is 4.94 Å². The van der Waals surface area contributed by atoms with E-state index >= 15 is 0 Å². The number of thiophene rings is 2. The molecule has 0 aromatic carbocycles. The first-order valence-corrected chi connectivity index (χ1v) is 9.02. The monoisotopic (exact) mass is 274 g/mol. The van der Waals surface area contributed by atoms with Crippen LogP contribution in [-0.2, 0) is 0 Å². The molecule has 2 rings (SSSR count). The Morgan fingerprint density at radius 3 is 3.00 bits per heavy atom. The van der Waals surface area contributed by atoms with E-state index in [4.69, 9.17) is 0 Å². The molecule has 0 aliphatic carbocycles. The van der Waals surface area contributed by atoms with Gasteiger partial charge in [0.2, 0.25) is 0 Å². The maximum atomic E-state index is 2.37. The van der Waals surface area contributed by atoms with Crippen LogP contribution in [0.1, 0.15) is 0 Å². The molecule has 50 valence electrons. The SMILES string of the molecule is [CH3][Sn][c]1cc2sccc2s1. The predicted octanol–water partition coefficient (Wildman–Crippen LogP) is 2.34. The van der Waals surface area contributed by atoms with Crippen molar-refractivity contribution >= 4 is 56.1 Å². The van der Waals surface area contributed by atoms with Gasteiger partial charge in [0.1, 0.15) is 0 Å². The van der Waals surface area contributed by atoms with E-state index in [9.17, 15) is 0 Å². The summed E-state index contributed by atoms with van der Waals surface area (Å²) < 4.78 is 4.65. The maximum absolute atomic E-state index is 2.37. The first kappa shape index (κ1) is 7.13. The van der Waals surface area contributed by atoms with Crippen molar-refractivity contribution in [3.8, 4) is 0 Å². The third kappa shape index (κ3) is 1.12. The van der Waals surface area contributed by atoms with Crippen LogP contribution in [-0.4, -0.2) is 21.1 Å². The molecular formula is C7H6S2Sn. The first-order valence-electron chi connectivity index (χ1n) is 3.05. The topological polar surface area (TPSA) is 0 Å². The second-order valence-electron chi connectivity index (χ2n) is 2.01. The average molecular weight is 273 g/mol. The van der Waals surface area contributed by atoms with E-state index < -0.39 is 0 Å². The van der Waals surface area contributed by atoms with Gasteiger partial charge < -0.3 is 0 Å². The van der Waals surface area contributed by atoms with Crippen LogP contribution < -0.4 is 2.89 Å². The minimum atomic E-state index is -0.157. The summed E-state index contributed by atoms with van der Waals surface area (Å²) in [6, 6.07) is 4.60. The van der Waals surface area contributed by atoms with Gasteiger partial charge in [-0.2, -0.15) is 0 Å². The van der Waals surface area contributed by atoms with Crippen LogP contribution in [0.15, 0.2) is 17.5 Å². The molecule has 0 bridgehead atoms. The molecule has 10 heavy (non-hydrogen) atoms. The van der Waals surface area contributed by atoms with Crippen molar-refractivity contribution in [2.24, 2.45) is 0 Å². The summed E-state index contributed by atoms with van der Waals surface area (Å²) in [7, 11) is 0. The molecule has 2 heterocycles. The van der Waals surface area contributed by atoms with Crippen molar-refractivity contribution < 1.29 is 0 Å². The zero-order valence-electron chi connectivity index (χ0n) is 5.55. The van der Waals surface area contributed by atoms with E-state index in [0.29, 0.717) is 0 Å². The fourth-order valence-corrected chi connectivity index (χ4v) is 5.79.